The number of hydrogen-bond donors (Lipinski definition) is 2. The van der Waals surface area contributed by atoms with E-state index in [2.05, 4.69) is 15.5 Å². The van der Waals surface area contributed by atoms with Crippen LogP contribution in [-0.2, 0) is 6.61 Å². The normalized spacial score (nSPS) is 14.0. The Balaban J connectivity index is 1.32. The molecule has 0 spiro atoms. The van der Waals surface area contributed by atoms with Crippen LogP contribution in [0.15, 0.2) is 60.7 Å². The lowest BCUT2D eigenvalue weighted by Gasteiger charge is -2.26. The molecule has 1 heterocycles. The molecule has 1 fully saturated rings. The number of likely N-dealkylation sites (tertiary alicyclic amines) is 1. The highest BCUT2D eigenvalue weighted by Gasteiger charge is 2.11. The molecule has 0 aliphatic carbocycles. The lowest BCUT2D eigenvalue weighted by molar-refractivity contribution is 0.183. The van der Waals surface area contributed by atoms with Crippen LogP contribution >= 0.6 is 11.6 Å². The summed E-state index contributed by atoms with van der Waals surface area (Å²) in [6.07, 6.45) is 4.68. The SMILES string of the molecule is O=C(NCCCCl)Nc1ccc(OCc2ccc(OCCN3CCCCC3)cc2)c2ccccc12. The van der Waals surface area contributed by atoms with Crippen molar-refractivity contribution in [3.8, 4) is 11.5 Å². The van der Waals surface area contributed by atoms with Gasteiger partial charge in [0.2, 0.25) is 0 Å². The van der Waals surface area contributed by atoms with E-state index in [4.69, 9.17) is 21.1 Å². The molecule has 1 aliphatic rings. The number of carbonyl (C=O) groups excluding carboxylic acids is 1. The molecule has 3 aromatic carbocycles. The second-order valence-corrected chi connectivity index (χ2v) is 9.14. The predicted octanol–water partition coefficient (Wildman–Crippen LogP) is 6.03. The number of piperidine rings is 1. The van der Waals surface area contributed by atoms with Gasteiger partial charge in [0, 0.05) is 29.7 Å². The third-order valence-electron chi connectivity index (χ3n) is 6.17. The van der Waals surface area contributed by atoms with Gasteiger partial charge < -0.3 is 20.1 Å². The summed E-state index contributed by atoms with van der Waals surface area (Å²) in [5.41, 5.74) is 1.81. The van der Waals surface area contributed by atoms with Crippen LogP contribution in [0, 0.1) is 0 Å². The minimum absolute atomic E-state index is 0.243. The third-order valence-corrected chi connectivity index (χ3v) is 6.44. The van der Waals surface area contributed by atoms with Crippen LogP contribution in [0.1, 0.15) is 31.2 Å². The average Bonchev–Trinajstić information content (AvgIpc) is 2.90. The summed E-state index contributed by atoms with van der Waals surface area (Å²) >= 11 is 5.68. The Morgan fingerprint density at radius 1 is 0.914 bits per heavy atom. The Morgan fingerprint density at radius 2 is 1.69 bits per heavy atom. The van der Waals surface area contributed by atoms with E-state index in [0.29, 0.717) is 25.6 Å². The first kappa shape index (κ1) is 25.1. The molecule has 2 amide bonds. The fraction of sp³-hybridized carbons (Fsp3) is 0.393. The summed E-state index contributed by atoms with van der Waals surface area (Å²) in [4.78, 5) is 14.7. The van der Waals surface area contributed by atoms with Gasteiger partial charge in [0.25, 0.3) is 0 Å². The fourth-order valence-corrected chi connectivity index (χ4v) is 4.39. The molecule has 1 aliphatic heterocycles. The number of anilines is 1. The van der Waals surface area contributed by atoms with Gasteiger partial charge >= 0.3 is 6.03 Å². The van der Waals surface area contributed by atoms with Crippen molar-refractivity contribution in [2.45, 2.75) is 32.3 Å². The number of rotatable bonds is 11. The van der Waals surface area contributed by atoms with Crippen LogP contribution in [0.3, 0.4) is 0 Å². The number of halogens is 1. The van der Waals surface area contributed by atoms with Crippen LogP contribution in [0.2, 0.25) is 0 Å². The third kappa shape index (κ3) is 7.51. The second-order valence-electron chi connectivity index (χ2n) is 8.76. The van der Waals surface area contributed by atoms with Crippen molar-refractivity contribution in [1.82, 2.24) is 10.2 Å². The lowest BCUT2D eigenvalue weighted by Crippen LogP contribution is -2.33. The van der Waals surface area contributed by atoms with Crippen LogP contribution in [0.5, 0.6) is 11.5 Å². The van der Waals surface area contributed by atoms with Gasteiger partial charge in [0.05, 0.1) is 5.69 Å². The average molecular weight is 496 g/mol. The van der Waals surface area contributed by atoms with E-state index in [-0.39, 0.29) is 6.03 Å². The number of amides is 2. The molecule has 0 radical (unpaired) electrons. The van der Waals surface area contributed by atoms with E-state index < -0.39 is 0 Å². The summed E-state index contributed by atoms with van der Waals surface area (Å²) in [6, 6.07) is 19.5. The maximum atomic E-state index is 12.2. The lowest BCUT2D eigenvalue weighted by atomic mass is 10.1. The molecule has 0 bridgehead atoms. The van der Waals surface area contributed by atoms with Crippen molar-refractivity contribution in [2.24, 2.45) is 0 Å². The smallest absolute Gasteiger partial charge is 0.319 e. The predicted molar refractivity (Wildman–Crippen MR) is 143 cm³/mol. The maximum Gasteiger partial charge on any atom is 0.319 e. The molecule has 2 N–H and O–H groups in total. The Hall–Kier alpha value is -2.96. The fourth-order valence-electron chi connectivity index (χ4n) is 4.26. The van der Waals surface area contributed by atoms with E-state index in [9.17, 15) is 4.79 Å². The Labute approximate surface area is 212 Å². The van der Waals surface area contributed by atoms with Crippen molar-refractivity contribution in [1.29, 1.82) is 0 Å². The molecule has 0 aromatic heterocycles. The molecule has 0 saturated carbocycles. The van der Waals surface area contributed by atoms with Gasteiger partial charge in [-0.05, 0) is 62.2 Å². The number of urea groups is 1. The van der Waals surface area contributed by atoms with E-state index in [1.165, 1.54) is 32.4 Å². The molecule has 1 saturated heterocycles. The van der Waals surface area contributed by atoms with E-state index in [1.54, 1.807) is 0 Å². The zero-order chi connectivity index (χ0) is 24.3. The molecule has 3 aromatic rings. The van der Waals surface area contributed by atoms with Gasteiger partial charge in [-0.25, -0.2) is 4.79 Å². The zero-order valence-corrected chi connectivity index (χ0v) is 20.9. The minimum atomic E-state index is -0.243. The van der Waals surface area contributed by atoms with Crippen molar-refractivity contribution in [3.63, 3.8) is 0 Å². The number of nitrogens with zero attached hydrogens (tertiary/aromatic N) is 1. The largest absolute Gasteiger partial charge is 0.492 e. The van der Waals surface area contributed by atoms with Gasteiger partial charge in [0.15, 0.2) is 0 Å². The number of nitrogens with one attached hydrogen (secondary N) is 2. The molecule has 4 rings (SSSR count). The molecular formula is C28H34ClN3O3. The van der Waals surface area contributed by atoms with Gasteiger partial charge in [-0.1, -0.05) is 42.8 Å². The molecular weight excluding hydrogens is 462 g/mol. The van der Waals surface area contributed by atoms with Gasteiger partial charge in [-0.3, -0.25) is 4.90 Å². The van der Waals surface area contributed by atoms with Crippen molar-refractivity contribution in [3.05, 3.63) is 66.2 Å². The van der Waals surface area contributed by atoms with Crippen molar-refractivity contribution >= 4 is 34.1 Å². The first-order chi connectivity index (χ1) is 17.2. The monoisotopic (exact) mass is 495 g/mol. The van der Waals surface area contributed by atoms with Crippen LogP contribution in [-0.4, -0.2) is 49.6 Å². The van der Waals surface area contributed by atoms with Gasteiger partial charge in [0.1, 0.15) is 24.7 Å². The first-order valence-corrected chi connectivity index (χ1v) is 13.0. The molecule has 7 heteroatoms. The quantitative estimate of drug-likeness (QED) is 0.252. The van der Waals surface area contributed by atoms with Crippen LogP contribution < -0.4 is 20.1 Å². The summed E-state index contributed by atoms with van der Waals surface area (Å²) in [6.45, 7) is 5.06. The molecule has 6 nitrogen and oxygen atoms in total. The molecule has 0 unspecified atom stereocenters. The van der Waals surface area contributed by atoms with Crippen molar-refractivity contribution in [2.75, 3.05) is 44.0 Å². The highest BCUT2D eigenvalue weighted by Crippen LogP contribution is 2.32. The molecule has 35 heavy (non-hydrogen) atoms. The number of benzene rings is 3. The van der Waals surface area contributed by atoms with Crippen LogP contribution in [0.4, 0.5) is 10.5 Å². The summed E-state index contributed by atoms with van der Waals surface area (Å²) < 4.78 is 12.1. The number of carbonyl (C=O) groups is 1. The van der Waals surface area contributed by atoms with Crippen LogP contribution in [0.25, 0.3) is 10.8 Å². The summed E-state index contributed by atoms with van der Waals surface area (Å²) in [5.74, 6) is 2.18. The van der Waals surface area contributed by atoms with E-state index >= 15 is 0 Å². The highest BCUT2D eigenvalue weighted by molar-refractivity contribution is 6.17. The Bertz CT molecular complexity index is 1080. The Morgan fingerprint density at radius 3 is 2.46 bits per heavy atom. The number of fused-ring (bicyclic) bond motifs is 1. The van der Waals surface area contributed by atoms with Crippen molar-refractivity contribution < 1.29 is 14.3 Å². The topological polar surface area (TPSA) is 62.8 Å². The standard InChI is InChI=1S/C28H34ClN3O3/c29-15-6-16-30-28(33)31-26-13-14-27(25-8-3-2-7-24(25)26)35-21-22-9-11-23(12-10-22)34-20-19-32-17-4-1-5-18-32/h2-3,7-14H,1,4-6,15-21H2,(H2,30,31,33). The van der Waals surface area contributed by atoms with E-state index in [1.807, 2.05) is 60.7 Å². The minimum Gasteiger partial charge on any atom is -0.492 e. The van der Waals surface area contributed by atoms with Gasteiger partial charge in [-0.2, -0.15) is 0 Å². The second kappa shape index (κ2) is 13.2. The number of alkyl halides is 1. The van der Waals surface area contributed by atoms with E-state index in [0.717, 1.165) is 46.5 Å². The zero-order valence-electron chi connectivity index (χ0n) is 20.1. The number of ether oxygens (including phenoxy) is 2. The summed E-state index contributed by atoms with van der Waals surface area (Å²) in [5, 5.41) is 7.61. The highest BCUT2D eigenvalue weighted by atomic mass is 35.5. The molecule has 0 atom stereocenters. The number of hydrogen-bond acceptors (Lipinski definition) is 4. The maximum absolute atomic E-state index is 12.2. The molecule has 186 valence electrons. The first-order valence-electron chi connectivity index (χ1n) is 12.4. The summed E-state index contributed by atoms with van der Waals surface area (Å²) in [7, 11) is 0. The Kier molecular flexibility index (Phi) is 9.49. The van der Waals surface area contributed by atoms with Gasteiger partial charge in [-0.15, -0.1) is 11.6 Å².